The number of nitrogens with one attached hydrogen (secondary N) is 1. The van der Waals surface area contributed by atoms with E-state index in [0.29, 0.717) is 22.4 Å². The van der Waals surface area contributed by atoms with E-state index in [1.807, 2.05) is 6.07 Å². The van der Waals surface area contributed by atoms with Gasteiger partial charge in [-0.25, -0.2) is 0 Å². The predicted molar refractivity (Wildman–Crippen MR) is 78.0 cm³/mol. The van der Waals surface area contributed by atoms with Gasteiger partial charge >= 0.3 is 0 Å². The van der Waals surface area contributed by atoms with Crippen LogP contribution in [0, 0.1) is 11.8 Å². The number of carbonyl (C=O) groups is 1. The minimum absolute atomic E-state index is 0.0830. The molecule has 1 saturated carbocycles. The Morgan fingerprint density at radius 1 is 1.50 bits per heavy atom. The standard InChI is InChI=1S/C14H17BrClNO/c1-9-3-2-4-10(9)8-17-14(18)12-7-11(15)5-6-13(12)16/h5-7,9-10H,2-4,8H2,1H3,(H,17,18). The summed E-state index contributed by atoms with van der Waals surface area (Å²) in [6.45, 7) is 3.01. The largest absolute Gasteiger partial charge is 0.352 e. The highest BCUT2D eigenvalue weighted by Crippen LogP contribution is 2.30. The summed E-state index contributed by atoms with van der Waals surface area (Å²) in [5, 5.41) is 3.49. The molecule has 1 N–H and O–H groups in total. The molecule has 1 aliphatic rings. The maximum atomic E-state index is 12.1. The Bertz CT molecular complexity index is 449. The number of hydrogen-bond donors (Lipinski definition) is 1. The third-order valence-corrected chi connectivity index (χ3v) is 4.56. The predicted octanol–water partition coefficient (Wildman–Crippen LogP) is 4.27. The third kappa shape index (κ3) is 3.27. The minimum Gasteiger partial charge on any atom is -0.352 e. The van der Waals surface area contributed by atoms with Crippen LogP contribution >= 0.6 is 27.5 Å². The van der Waals surface area contributed by atoms with Crippen LogP contribution in [-0.2, 0) is 0 Å². The van der Waals surface area contributed by atoms with Gasteiger partial charge in [-0.1, -0.05) is 47.3 Å². The molecule has 0 bridgehead atoms. The zero-order chi connectivity index (χ0) is 13.1. The van der Waals surface area contributed by atoms with Crippen LogP contribution in [0.3, 0.4) is 0 Å². The van der Waals surface area contributed by atoms with Crippen LogP contribution < -0.4 is 5.32 Å². The second kappa shape index (κ2) is 6.07. The van der Waals surface area contributed by atoms with Crippen LogP contribution in [0.15, 0.2) is 22.7 Å². The van der Waals surface area contributed by atoms with E-state index in [9.17, 15) is 4.79 Å². The lowest BCUT2D eigenvalue weighted by Gasteiger charge is -2.16. The summed E-state index contributed by atoms with van der Waals surface area (Å²) < 4.78 is 0.867. The van der Waals surface area contributed by atoms with Gasteiger partial charge in [-0.05, 0) is 36.5 Å². The summed E-state index contributed by atoms with van der Waals surface area (Å²) in [6.07, 6.45) is 3.77. The molecule has 0 aliphatic heterocycles. The maximum absolute atomic E-state index is 12.1. The molecule has 2 nitrogen and oxygen atoms in total. The molecule has 0 spiro atoms. The Morgan fingerprint density at radius 3 is 2.94 bits per heavy atom. The first-order valence-corrected chi connectivity index (χ1v) is 7.48. The van der Waals surface area contributed by atoms with E-state index in [4.69, 9.17) is 11.6 Å². The number of benzene rings is 1. The number of rotatable bonds is 3. The van der Waals surface area contributed by atoms with Crippen molar-refractivity contribution in [2.75, 3.05) is 6.54 Å². The van der Waals surface area contributed by atoms with E-state index >= 15 is 0 Å². The molecule has 1 amide bonds. The quantitative estimate of drug-likeness (QED) is 0.881. The molecular formula is C14H17BrClNO. The van der Waals surface area contributed by atoms with Gasteiger partial charge in [0.25, 0.3) is 5.91 Å². The van der Waals surface area contributed by atoms with Crippen molar-refractivity contribution in [2.24, 2.45) is 11.8 Å². The fourth-order valence-electron chi connectivity index (χ4n) is 2.52. The van der Waals surface area contributed by atoms with Crippen molar-refractivity contribution in [1.82, 2.24) is 5.32 Å². The SMILES string of the molecule is CC1CCCC1CNC(=O)c1cc(Br)ccc1Cl. The van der Waals surface area contributed by atoms with Crippen LogP contribution in [0.25, 0.3) is 0 Å². The van der Waals surface area contributed by atoms with Gasteiger partial charge in [-0.3, -0.25) is 4.79 Å². The van der Waals surface area contributed by atoms with Crippen molar-refractivity contribution in [3.8, 4) is 0 Å². The molecule has 2 unspecified atom stereocenters. The van der Waals surface area contributed by atoms with Gasteiger partial charge in [-0.2, -0.15) is 0 Å². The first-order valence-electron chi connectivity index (χ1n) is 6.31. The lowest BCUT2D eigenvalue weighted by molar-refractivity contribution is 0.0944. The smallest absolute Gasteiger partial charge is 0.252 e. The van der Waals surface area contributed by atoms with E-state index in [1.165, 1.54) is 19.3 Å². The van der Waals surface area contributed by atoms with Gasteiger partial charge in [0.05, 0.1) is 10.6 Å². The van der Waals surface area contributed by atoms with E-state index in [-0.39, 0.29) is 5.91 Å². The molecule has 1 fully saturated rings. The van der Waals surface area contributed by atoms with Crippen molar-refractivity contribution in [2.45, 2.75) is 26.2 Å². The fourth-order valence-corrected chi connectivity index (χ4v) is 3.08. The second-order valence-corrected chi connectivity index (χ2v) is 6.33. The highest BCUT2D eigenvalue weighted by molar-refractivity contribution is 9.10. The van der Waals surface area contributed by atoms with Crippen molar-refractivity contribution in [1.29, 1.82) is 0 Å². The topological polar surface area (TPSA) is 29.1 Å². The zero-order valence-electron chi connectivity index (χ0n) is 10.4. The third-order valence-electron chi connectivity index (χ3n) is 3.74. The average Bonchev–Trinajstić information content (AvgIpc) is 2.75. The summed E-state index contributed by atoms with van der Waals surface area (Å²) in [6, 6.07) is 5.33. The summed E-state index contributed by atoms with van der Waals surface area (Å²) in [5.41, 5.74) is 0.539. The highest BCUT2D eigenvalue weighted by Gasteiger charge is 2.24. The maximum Gasteiger partial charge on any atom is 0.252 e. The van der Waals surface area contributed by atoms with E-state index in [1.54, 1.807) is 12.1 Å². The Labute approximate surface area is 121 Å². The van der Waals surface area contributed by atoms with Crippen molar-refractivity contribution in [3.63, 3.8) is 0 Å². The van der Waals surface area contributed by atoms with E-state index in [2.05, 4.69) is 28.2 Å². The molecule has 4 heteroatoms. The monoisotopic (exact) mass is 329 g/mol. The van der Waals surface area contributed by atoms with Crippen LogP contribution in [-0.4, -0.2) is 12.5 Å². The molecule has 18 heavy (non-hydrogen) atoms. The molecule has 0 aromatic heterocycles. The normalized spacial score (nSPS) is 23.1. The molecular weight excluding hydrogens is 314 g/mol. The van der Waals surface area contributed by atoms with Gasteiger partial charge < -0.3 is 5.32 Å². The van der Waals surface area contributed by atoms with E-state index < -0.39 is 0 Å². The molecule has 2 rings (SSSR count). The Hall–Kier alpha value is -0.540. The Balaban J connectivity index is 1.97. The average molecular weight is 331 g/mol. The second-order valence-electron chi connectivity index (χ2n) is 5.00. The van der Waals surface area contributed by atoms with Gasteiger partial charge in [-0.15, -0.1) is 0 Å². The van der Waals surface area contributed by atoms with Gasteiger partial charge in [0.2, 0.25) is 0 Å². The number of hydrogen-bond acceptors (Lipinski definition) is 1. The van der Waals surface area contributed by atoms with Gasteiger partial charge in [0.1, 0.15) is 0 Å². The molecule has 0 saturated heterocycles. The lowest BCUT2D eigenvalue weighted by atomic mass is 9.98. The zero-order valence-corrected chi connectivity index (χ0v) is 12.7. The number of carbonyl (C=O) groups excluding carboxylic acids is 1. The molecule has 1 aliphatic carbocycles. The summed E-state index contributed by atoms with van der Waals surface area (Å²) >= 11 is 9.39. The highest BCUT2D eigenvalue weighted by atomic mass is 79.9. The fraction of sp³-hybridized carbons (Fsp3) is 0.500. The molecule has 0 radical (unpaired) electrons. The summed E-state index contributed by atoms with van der Waals surface area (Å²) in [4.78, 5) is 12.1. The first kappa shape index (κ1) is 13.9. The molecule has 1 aromatic carbocycles. The summed E-state index contributed by atoms with van der Waals surface area (Å²) in [7, 11) is 0. The first-order chi connectivity index (χ1) is 8.58. The number of halogens is 2. The van der Waals surface area contributed by atoms with Gasteiger partial charge in [0.15, 0.2) is 0 Å². The van der Waals surface area contributed by atoms with Crippen molar-refractivity contribution < 1.29 is 4.79 Å². The Morgan fingerprint density at radius 2 is 2.28 bits per heavy atom. The van der Waals surface area contributed by atoms with Crippen LogP contribution in [0.1, 0.15) is 36.5 Å². The lowest BCUT2D eigenvalue weighted by Crippen LogP contribution is -2.30. The molecule has 2 atom stereocenters. The Kier molecular flexibility index (Phi) is 4.68. The van der Waals surface area contributed by atoms with Crippen LogP contribution in [0.5, 0.6) is 0 Å². The minimum atomic E-state index is -0.0830. The molecule has 98 valence electrons. The molecule has 1 aromatic rings. The van der Waals surface area contributed by atoms with Crippen molar-refractivity contribution in [3.05, 3.63) is 33.3 Å². The van der Waals surface area contributed by atoms with Gasteiger partial charge in [0, 0.05) is 11.0 Å². The van der Waals surface area contributed by atoms with Crippen molar-refractivity contribution >= 4 is 33.4 Å². The molecule has 0 heterocycles. The van der Waals surface area contributed by atoms with E-state index in [0.717, 1.165) is 11.0 Å². The van der Waals surface area contributed by atoms with Crippen LogP contribution in [0.4, 0.5) is 0 Å². The van der Waals surface area contributed by atoms with Crippen LogP contribution in [0.2, 0.25) is 5.02 Å². The number of amides is 1. The summed E-state index contributed by atoms with van der Waals surface area (Å²) in [5.74, 6) is 1.24.